The average molecular weight is 373 g/mol. The van der Waals surface area contributed by atoms with Gasteiger partial charge in [-0.2, -0.15) is 5.10 Å². The zero-order valence-electron chi connectivity index (χ0n) is 13.7. The lowest BCUT2D eigenvalue weighted by atomic mass is 10.3. The molecule has 1 N–H and O–H groups in total. The number of nitrogens with one attached hydrogen (secondary N) is 1. The zero-order chi connectivity index (χ0) is 18.6. The SMILES string of the molecule is O=C(NCCS(=O)(=O)c1ccccc1)c1ccn(-c2cccc(F)c2)n1. The number of halogens is 1. The second-order valence-electron chi connectivity index (χ2n) is 5.51. The molecule has 8 heteroatoms. The standard InChI is InChI=1S/C18H16FN3O3S/c19-14-5-4-6-15(13-14)22-11-9-17(21-22)18(23)20-10-12-26(24,25)16-7-2-1-3-8-16/h1-9,11,13H,10,12H2,(H,20,23). The molecule has 0 fully saturated rings. The number of hydrogen-bond donors (Lipinski definition) is 1. The molecule has 0 spiro atoms. The molecule has 0 saturated carbocycles. The third-order valence-electron chi connectivity index (χ3n) is 3.65. The Kier molecular flexibility index (Phi) is 5.13. The Morgan fingerprint density at radius 2 is 1.85 bits per heavy atom. The fourth-order valence-electron chi connectivity index (χ4n) is 2.34. The number of aromatic nitrogens is 2. The van der Waals surface area contributed by atoms with Crippen LogP contribution in [0.25, 0.3) is 5.69 Å². The second-order valence-corrected chi connectivity index (χ2v) is 7.62. The van der Waals surface area contributed by atoms with Crippen LogP contribution in [0.2, 0.25) is 0 Å². The van der Waals surface area contributed by atoms with Crippen molar-refractivity contribution in [1.82, 2.24) is 15.1 Å². The maximum atomic E-state index is 13.3. The summed E-state index contributed by atoms with van der Waals surface area (Å²) >= 11 is 0. The van der Waals surface area contributed by atoms with Gasteiger partial charge in [0.1, 0.15) is 5.82 Å². The first-order chi connectivity index (χ1) is 12.5. The number of carbonyl (C=O) groups excluding carboxylic acids is 1. The number of amides is 1. The van der Waals surface area contributed by atoms with Crippen molar-refractivity contribution in [2.45, 2.75) is 4.90 Å². The fourth-order valence-corrected chi connectivity index (χ4v) is 3.52. The molecule has 0 atom stereocenters. The Balaban J connectivity index is 1.61. The highest BCUT2D eigenvalue weighted by Crippen LogP contribution is 2.11. The van der Waals surface area contributed by atoms with Gasteiger partial charge in [-0.25, -0.2) is 17.5 Å². The summed E-state index contributed by atoms with van der Waals surface area (Å²) in [5.74, 6) is -1.12. The monoisotopic (exact) mass is 373 g/mol. The normalized spacial score (nSPS) is 11.3. The van der Waals surface area contributed by atoms with Gasteiger partial charge < -0.3 is 5.32 Å². The summed E-state index contributed by atoms with van der Waals surface area (Å²) in [6.07, 6.45) is 1.53. The van der Waals surface area contributed by atoms with Gasteiger partial charge in [0.15, 0.2) is 15.5 Å². The van der Waals surface area contributed by atoms with Crippen LogP contribution in [0.15, 0.2) is 71.8 Å². The predicted molar refractivity (Wildman–Crippen MR) is 94.4 cm³/mol. The summed E-state index contributed by atoms with van der Waals surface area (Å²) in [4.78, 5) is 12.3. The molecule has 0 aliphatic carbocycles. The molecule has 3 rings (SSSR count). The minimum atomic E-state index is -3.46. The third-order valence-corrected chi connectivity index (χ3v) is 5.39. The molecular weight excluding hydrogens is 357 g/mol. The lowest BCUT2D eigenvalue weighted by Crippen LogP contribution is -2.29. The molecule has 2 aromatic carbocycles. The molecule has 134 valence electrons. The minimum absolute atomic E-state index is 0.0388. The van der Waals surface area contributed by atoms with Crippen molar-refractivity contribution in [3.05, 3.63) is 78.4 Å². The Bertz CT molecular complexity index is 1020. The lowest BCUT2D eigenvalue weighted by Gasteiger charge is -2.05. The highest BCUT2D eigenvalue weighted by atomic mass is 32.2. The van der Waals surface area contributed by atoms with Gasteiger partial charge >= 0.3 is 0 Å². The van der Waals surface area contributed by atoms with E-state index in [0.717, 1.165) is 0 Å². The molecule has 0 bridgehead atoms. The summed E-state index contributed by atoms with van der Waals surface area (Å²) in [7, 11) is -3.46. The van der Waals surface area contributed by atoms with Crippen LogP contribution in [0.5, 0.6) is 0 Å². The van der Waals surface area contributed by atoms with Gasteiger partial charge in [-0.05, 0) is 36.4 Å². The molecule has 0 unspecified atom stereocenters. The molecule has 3 aromatic rings. The number of benzene rings is 2. The predicted octanol–water partition coefficient (Wildman–Crippen LogP) is 2.22. The van der Waals surface area contributed by atoms with Gasteiger partial charge in [-0.15, -0.1) is 0 Å². The van der Waals surface area contributed by atoms with Crippen molar-refractivity contribution in [2.75, 3.05) is 12.3 Å². The first kappa shape index (κ1) is 17.8. The van der Waals surface area contributed by atoms with E-state index in [2.05, 4.69) is 10.4 Å². The van der Waals surface area contributed by atoms with Crippen LogP contribution in [-0.2, 0) is 9.84 Å². The molecule has 1 aromatic heterocycles. The van der Waals surface area contributed by atoms with E-state index >= 15 is 0 Å². The maximum absolute atomic E-state index is 13.3. The zero-order valence-corrected chi connectivity index (χ0v) is 14.5. The molecule has 26 heavy (non-hydrogen) atoms. The van der Waals surface area contributed by atoms with E-state index in [0.29, 0.717) is 5.69 Å². The Morgan fingerprint density at radius 3 is 2.58 bits per heavy atom. The highest BCUT2D eigenvalue weighted by molar-refractivity contribution is 7.91. The first-order valence-electron chi connectivity index (χ1n) is 7.83. The van der Waals surface area contributed by atoms with Crippen molar-refractivity contribution in [3.8, 4) is 5.69 Å². The van der Waals surface area contributed by atoms with Gasteiger partial charge in [0.2, 0.25) is 0 Å². The third kappa shape index (κ3) is 4.15. The molecule has 1 heterocycles. The van der Waals surface area contributed by atoms with Crippen LogP contribution < -0.4 is 5.32 Å². The van der Waals surface area contributed by atoms with Crippen LogP contribution in [0.3, 0.4) is 0 Å². The molecule has 0 aliphatic heterocycles. The van der Waals surface area contributed by atoms with Gasteiger partial charge in [-0.1, -0.05) is 24.3 Å². The Labute approximate surface area is 150 Å². The van der Waals surface area contributed by atoms with Crippen LogP contribution in [0.4, 0.5) is 4.39 Å². The fraction of sp³-hybridized carbons (Fsp3) is 0.111. The minimum Gasteiger partial charge on any atom is -0.350 e. The van der Waals surface area contributed by atoms with Crippen LogP contribution >= 0.6 is 0 Å². The Morgan fingerprint density at radius 1 is 1.08 bits per heavy atom. The van der Waals surface area contributed by atoms with E-state index < -0.39 is 21.6 Å². The quantitative estimate of drug-likeness (QED) is 0.718. The topological polar surface area (TPSA) is 81.1 Å². The van der Waals surface area contributed by atoms with Crippen molar-refractivity contribution in [3.63, 3.8) is 0 Å². The molecule has 0 aliphatic rings. The van der Waals surface area contributed by atoms with E-state index in [9.17, 15) is 17.6 Å². The van der Waals surface area contributed by atoms with Crippen molar-refractivity contribution >= 4 is 15.7 Å². The number of nitrogens with zero attached hydrogens (tertiary/aromatic N) is 2. The molecule has 1 amide bonds. The van der Waals surface area contributed by atoms with Crippen LogP contribution in [0.1, 0.15) is 10.5 Å². The highest BCUT2D eigenvalue weighted by Gasteiger charge is 2.15. The van der Waals surface area contributed by atoms with Crippen molar-refractivity contribution in [1.29, 1.82) is 0 Å². The summed E-state index contributed by atoms with van der Waals surface area (Å²) in [5.41, 5.74) is 0.599. The summed E-state index contributed by atoms with van der Waals surface area (Å²) in [5, 5.41) is 6.62. The maximum Gasteiger partial charge on any atom is 0.271 e. The van der Waals surface area contributed by atoms with E-state index in [-0.39, 0.29) is 22.9 Å². The molecule has 6 nitrogen and oxygen atoms in total. The van der Waals surface area contributed by atoms with Crippen molar-refractivity contribution < 1.29 is 17.6 Å². The van der Waals surface area contributed by atoms with Gasteiger partial charge in [0.05, 0.1) is 16.3 Å². The van der Waals surface area contributed by atoms with E-state index in [4.69, 9.17) is 0 Å². The average Bonchev–Trinajstić information content (AvgIpc) is 3.12. The van der Waals surface area contributed by atoms with Gasteiger partial charge in [0, 0.05) is 12.7 Å². The summed E-state index contributed by atoms with van der Waals surface area (Å²) in [6.45, 7) is -0.0388. The summed E-state index contributed by atoms with van der Waals surface area (Å²) < 4.78 is 39.0. The molecule has 0 radical (unpaired) electrons. The van der Waals surface area contributed by atoms with E-state index in [1.807, 2.05) is 0 Å². The van der Waals surface area contributed by atoms with Crippen molar-refractivity contribution in [2.24, 2.45) is 0 Å². The molecular formula is C18H16FN3O3S. The molecule has 0 saturated heterocycles. The van der Waals surface area contributed by atoms with Crippen LogP contribution in [0, 0.1) is 5.82 Å². The van der Waals surface area contributed by atoms with E-state index in [1.54, 1.807) is 30.3 Å². The second kappa shape index (κ2) is 7.49. The van der Waals surface area contributed by atoms with E-state index in [1.165, 1.54) is 41.2 Å². The first-order valence-corrected chi connectivity index (χ1v) is 9.48. The number of carbonyl (C=O) groups is 1. The number of rotatable bonds is 6. The Hall–Kier alpha value is -3.00. The van der Waals surface area contributed by atoms with Gasteiger partial charge in [-0.3, -0.25) is 4.79 Å². The smallest absolute Gasteiger partial charge is 0.271 e. The number of hydrogen-bond acceptors (Lipinski definition) is 4. The largest absolute Gasteiger partial charge is 0.350 e. The van der Waals surface area contributed by atoms with Gasteiger partial charge in [0.25, 0.3) is 5.91 Å². The van der Waals surface area contributed by atoms with Crippen LogP contribution in [-0.4, -0.2) is 36.4 Å². The lowest BCUT2D eigenvalue weighted by molar-refractivity contribution is 0.0950. The summed E-state index contributed by atoms with van der Waals surface area (Å²) in [6, 6.07) is 15.3. The number of sulfone groups is 1.